The lowest BCUT2D eigenvalue weighted by molar-refractivity contribution is -0.137. The number of hydrogen-bond donors (Lipinski definition) is 1. The average Bonchev–Trinajstić information content (AvgIpc) is 2.75. The van der Waals surface area contributed by atoms with Gasteiger partial charge in [0.15, 0.2) is 11.6 Å². The zero-order chi connectivity index (χ0) is 23.0. The molecule has 0 bridgehead atoms. The van der Waals surface area contributed by atoms with Gasteiger partial charge in [-0.3, -0.25) is 9.88 Å². The van der Waals surface area contributed by atoms with Crippen molar-refractivity contribution >= 4 is 17.5 Å². The number of amides is 2. The first-order valence-corrected chi connectivity index (χ1v) is 9.98. The summed E-state index contributed by atoms with van der Waals surface area (Å²) in [5.41, 5.74) is 2.92. The lowest BCUT2D eigenvalue weighted by Gasteiger charge is -2.29. The molecule has 1 aliphatic heterocycles. The molecule has 2 aromatic heterocycles. The van der Waals surface area contributed by atoms with Crippen molar-refractivity contribution in [1.82, 2.24) is 9.97 Å². The number of benzene rings is 1. The van der Waals surface area contributed by atoms with Crippen LogP contribution in [0.5, 0.6) is 5.75 Å². The molecule has 0 aliphatic carbocycles. The molecule has 0 saturated carbocycles. The molecule has 3 aromatic rings. The number of nitrogens with zero attached hydrogens (tertiary/aromatic N) is 3. The van der Waals surface area contributed by atoms with Gasteiger partial charge in [-0.25, -0.2) is 9.78 Å². The zero-order valence-corrected chi connectivity index (χ0v) is 17.7. The second-order valence-corrected chi connectivity index (χ2v) is 7.55. The summed E-state index contributed by atoms with van der Waals surface area (Å²) in [5.74, 6) is 0.643. The SMILES string of the molecule is Cc1cc(NC(=O)N2CCOc3ccc(-c4cccc(C(F)(F)F)c4)nc32)c(C)c(C)n1. The van der Waals surface area contributed by atoms with Crippen LogP contribution in [-0.2, 0) is 6.18 Å². The topological polar surface area (TPSA) is 67.4 Å². The number of aromatic nitrogens is 2. The number of halogens is 3. The summed E-state index contributed by atoms with van der Waals surface area (Å²) >= 11 is 0. The summed E-state index contributed by atoms with van der Waals surface area (Å²) in [5, 5.41) is 2.89. The van der Waals surface area contributed by atoms with Gasteiger partial charge in [0.2, 0.25) is 0 Å². The predicted octanol–water partition coefficient (Wildman–Crippen LogP) is 5.52. The van der Waals surface area contributed by atoms with Crippen LogP contribution in [0.1, 0.15) is 22.5 Å². The fraction of sp³-hybridized carbons (Fsp3) is 0.261. The highest BCUT2D eigenvalue weighted by Gasteiger charge is 2.31. The predicted molar refractivity (Wildman–Crippen MR) is 115 cm³/mol. The van der Waals surface area contributed by atoms with Crippen molar-refractivity contribution in [2.75, 3.05) is 23.4 Å². The first-order chi connectivity index (χ1) is 15.1. The number of nitrogens with one attached hydrogen (secondary N) is 1. The van der Waals surface area contributed by atoms with Gasteiger partial charge in [-0.2, -0.15) is 13.2 Å². The molecule has 3 heterocycles. The van der Waals surface area contributed by atoms with E-state index in [1.54, 1.807) is 24.3 Å². The zero-order valence-electron chi connectivity index (χ0n) is 17.7. The van der Waals surface area contributed by atoms with Gasteiger partial charge in [-0.15, -0.1) is 0 Å². The number of hydrogen-bond acceptors (Lipinski definition) is 4. The van der Waals surface area contributed by atoms with E-state index in [0.29, 0.717) is 22.7 Å². The van der Waals surface area contributed by atoms with Crippen LogP contribution in [0.2, 0.25) is 0 Å². The summed E-state index contributed by atoms with van der Waals surface area (Å²) in [4.78, 5) is 23.4. The maximum atomic E-state index is 13.1. The van der Waals surface area contributed by atoms with Gasteiger partial charge in [0.25, 0.3) is 0 Å². The van der Waals surface area contributed by atoms with Crippen molar-refractivity contribution in [3.05, 3.63) is 65.0 Å². The van der Waals surface area contributed by atoms with E-state index in [4.69, 9.17) is 4.74 Å². The number of carbonyl (C=O) groups excluding carboxylic acids is 1. The fourth-order valence-corrected chi connectivity index (χ4v) is 3.51. The molecule has 6 nitrogen and oxygen atoms in total. The third kappa shape index (κ3) is 4.23. The lowest BCUT2D eigenvalue weighted by Crippen LogP contribution is -2.41. The molecule has 9 heteroatoms. The highest BCUT2D eigenvalue weighted by atomic mass is 19.4. The van der Waals surface area contributed by atoms with Crippen LogP contribution < -0.4 is 15.0 Å². The summed E-state index contributed by atoms with van der Waals surface area (Å²) in [6.45, 7) is 6.10. The number of fused-ring (bicyclic) bond motifs is 1. The highest BCUT2D eigenvalue weighted by Crippen LogP contribution is 2.35. The van der Waals surface area contributed by atoms with Crippen LogP contribution in [0.4, 0.5) is 29.5 Å². The number of urea groups is 1. The lowest BCUT2D eigenvalue weighted by atomic mass is 10.1. The molecule has 32 heavy (non-hydrogen) atoms. The van der Waals surface area contributed by atoms with Crippen LogP contribution in [-0.4, -0.2) is 29.2 Å². The molecular formula is C23H21F3N4O2. The van der Waals surface area contributed by atoms with Crippen molar-refractivity contribution in [2.45, 2.75) is 26.9 Å². The third-order valence-electron chi connectivity index (χ3n) is 5.28. The van der Waals surface area contributed by atoms with Crippen LogP contribution >= 0.6 is 0 Å². The molecule has 0 atom stereocenters. The van der Waals surface area contributed by atoms with Gasteiger partial charge < -0.3 is 10.1 Å². The second kappa shape index (κ2) is 8.14. The van der Waals surface area contributed by atoms with Gasteiger partial charge in [-0.1, -0.05) is 12.1 Å². The molecule has 0 unspecified atom stereocenters. The van der Waals surface area contributed by atoms with Gasteiger partial charge in [0.1, 0.15) is 6.61 Å². The van der Waals surface area contributed by atoms with Crippen molar-refractivity contribution < 1.29 is 22.7 Å². The Bertz CT molecular complexity index is 1190. The normalized spacial score (nSPS) is 13.4. The maximum absolute atomic E-state index is 13.1. The minimum absolute atomic E-state index is 0.250. The van der Waals surface area contributed by atoms with Gasteiger partial charge in [0, 0.05) is 22.6 Å². The minimum atomic E-state index is -4.46. The fourth-order valence-electron chi connectivity index (χ4n) is 3.51. The maximum Gasteiger partial charge on any atom is 0.416 e. The van der Waals surface area contributed by atoms with E-state index in [1.165, 1.54) is 11.0 Å². The molecule has 4 rings (SSSR count). The summed E-state index contributed by atoms with van der Waals surface area (Å²) in [6, 6.07) is 9.49. The summed E-state index contributed by atoms with van der Waals surface area (Å²) in [6.07, 6.45) is -4.46. The summed E-state index contributed by atoms with van der Waals surface area (Å²) in [7, 11) is 0. The number of pyridine rings is 2. The van der Waals surface area contributed by atoms with E-state index >= 15 is 0 Å². The number of carbonyl (C=O) groups is 1. The number of rotatable bonds is 2. The van der Waals surface area contributed by atoms with Crippen molar-refractivity contribution in [2.24, 2.45) is 0 Å². The molecule has 0 radical (unpaired) electrons. The smallest absolute Gasteiger partial charge is 0.416 e. The number of aryl methyl sites for hydroxylation is 2. The summed E-state index contributed by atoms with van der Waals surface area (Å²) < 4.78 is 45.0. The molecule has 0 fully saturated rings. The average molecular weight is 442 g/mol. The Morgan fingerprint density at radius 1 is 1.09 bits per heavy atom. The Morgan fingerprint density at radius 3 is 2.62 bits per heavy atom. The van der Waals surface area contributed by atoms with Crippen LogP contribution in [0.15, 0.2) is 42.5 Å². The van der Waals surface area contributed by atoms with Crippen molar-refractivity contribution in [3.63, 3.8) is 0 Å². The Balaban J connectivity index is 1.67. The van der Waals surface area contributed by atoms with E-state index in [9.17, 15) is 18.0 Å². The molecule has 166 valence electrons. The van der Waals surface area contributed by atoms with Crippen LogP contribution in [0, 0.1) is 20.8 Å². The molecule has 1 N–H and O–H groups in total. The molecule has 0 saturated heterocycles. The van der Waals surface area contributed by atoms with Gasteiger partial charge in [-0.05, 0) is 56.7 Å². The highest BCUT2D eigenvalue weighted by molar-refractivity contribution is 6.02. The van der Waals surface area contributed by atoms with Gasteiger partial charge in [0.05, 0.1) is 17.8 Å². The molecular weight excluding hydrogens is 421 g/mol. The number of ether oxygens (including phenoxy) is 1. The molecule has 0 spiro atoms. The minimum Gasteiger partial charge on any atom is -0.488 e. The third-order valence-corrected chi connectivity index (χ3v) is 5.28. The molecule has 1 aliphatic rings. The van der Waals surface area contributed by atoms with Crippen molar-refractivity contribution in [1.29, 1.82) is 0 Å². The second-order valence-electron chi connectivity index (χ2n) is 7.55. The van der Waals surface area contributed by atoms with Crippen molar-refractivity contribution in [3.8, 4) is 17.0 Å². The van der Waals surface area contributed by atoms with Crippen LogP contribution in [0.25, 0.3) is 11.3 Å². The molecule has 2 amide bonds. The quantitative estimate of drug-likeness (QED) is 0.568. The number of alkyl halides is 3. The largest absolute Gasteiger partial charge is 0.488 e. The Labute approximate surface area is 183 Å². The Hall–Kier alpha value is -3.62. The standard InChI is InChI=1S/C23H21F3N4O2/c1-13-11-19(14(2)15(3)27-13)29-22(31)30-9-10-32-20-8-7-18(28-21(20)30)16-5-4-6-17(12-16)23(24,25)26/h4-8,11-12H,9-10H2,1-3H3,(H,27,29,31). The van der Waals surface area contributed by atoms with Crippen LogP contribution in [0.3, 0.4) is 0 Å². The first-order valence-electron chi connectivity index (χ1n) is 9.98. The van der Waals surface area contributed by atoms with Gasteiger partial charge >= 0.3 is 12.2 Å². The Kier molecular flexibility index (Phi) is 5.50. The first kappa shape index (κ1) is 21.6. The monoisotopic (exact) mass is 442 g/mol. The molecule has 1 aromatic carbocycles. The van der Waals surface area contributed by atoms with E-state index < -0.39 is 17.8 Å². The Morgan fingerprint density at radius 2 is 1.88 bits per heavy atom. The number of anilines is 2. The van der Waals surface area contributed by atoms with E-state index in [-0.39, 0.29) is 19.0 Å². The van der Waals surface area contributed by atoms with E-state index in [1.807, 2.05) is 20.8 Å². The van der Waals surface area contributed by atoms with E-state index in [0.717, 1.165) is 29.1 Å². The van der Waals surface area contributed by atoms with E-state index in [2.05, 4.69) is 15.3 Å².